The molecule has 0 unspecified atom stereocenters. The second kappa shape index (κ2) is 7.26. The van der Waals surface area contributed by atoms with Crippen LogP contribution >= 0.6 is 0 Å². The molecule has 0 fully saturated rings. The molecule has 2 N–H and O–H groups in total. The molecule has 1 aromatic heterocycles. The van der Waals surface area contributed by atoms with E-state index in [1.54, 1.807) is 30.3 Å². The first-order valence-corrected chi connectivity index (χ1v) is 7.84. The minimum absolute atomic E-state index is 0.185. The number of carbonyl (C=O) groups excluding carboxylic acids is 2. The molecule has 3 aromatic rings. The Morgan fingerprint density at radius 2 is 1.96 bits per heavy atom. The van der Waals surface area contributed by atoms with Crippen LogP contribution in [0.2, 0.25) is 0 Å². The molecule has 26 heavy (non-hydrogen) atoms. The van der Waals surface area contributed by atoms with E-state index in [9.17, 15) is 14.0 Å². The van der Waals surface area contributed by atoms with Gasteiger partial charge in [-0.3, -0.25) is 4.79 Å². The molecule has 0 aliphatic rings. The normalized spacial score (nSPS) is 10.6. The van der Waals surface area contributed by atoms with Crippen LogP contribution in [0.4, 0.5) is 4.39 Å². The van der Waals surface area contributed by atoms with E-state index >= 15 is 0 Å². The van der Waals surface area contributed by atoms with E-state index in [2.05, 4.69) is 10.3 Å². The maximum Gasteiger partial charge on any atom is 0.341 e. The lowest BCUT2D eigenvalue weighted by atomic mass is 10.1. The Kier molecular flexibility index (Phi) is 4.88. The van der Waals surface area contributed by atoms with Crippen LogP contribution in [0.3, 0.4) is 0 Å². The summed E-state index contributed by atoms with van der Waals surface area (Å²) < 4.78 is 23.6. The van der Waals surface area contributed by atoms with Gasteiger partial charge in [-0.05, 0) is 35.9 Å². The van der Waals surface area contributed by atoms with Crippen LogP contribution in [0.5, 0.6) is 5.75 Å². The molecule has 3 rings (SSSR count). The lowest BCUT2D eigenvalue weighted by molar-refractivity contribution is 0.0597. The predicted molar refractivity (Wildman–Crippen MR) is 93.8 cm³/mol. The maximum atomic E-state index is 13.7. The Morgan fingerprint density at radius 3 is 2.65 bits per heavy atom. The third-order valence-corrected chi connectivity index (χ3v) is 3.98. The van der Waals surface area contributed by atoms with Crippen LogP contribution in [0, 0.1) is 5.82 Å². The van der Waals surface area contributed by atoms with Gasteiger partial charge in [0.05, 0.1) is 14.2 Å². The molecule has 1 amide bonds. The highest BCUT2D eigenvalue weighted by Crippen LogP contribution is 2.21. The van der Waals surface area contributed by atoms with Gasteiger partial charge in [0.25, 0.3) is 5.91 Å². The van der Waals surface area contributed by atoms with E-state index in [4.69, 9.17) is 9.47 Å². The van der Waals surface area contributed by atoms with Gasteiger partial charge < -0.3 is 19.8 Å². The number of hydrogen-bond donors (Lipinski definition) is 2. The molecule has 2 aromatic carbocycles. The number of ether oxygens (including phenoxy) is 2. The number of amides is 1. The predicted octanol–water partition coefficient (Wildman–Crippen LogP) is 3.03. The van der Waals surface area contributed by atoms with Gasteiger partial charge in [0.1, 0.15) is 22.8 Å². The second-order valence-corrected chi connectivity index (χ2v) is 5.59. The summed E-state index contributed by atoms with van der Waals surface area (Å²) in [6, 6.07) is 11.0. The lowest BCUT2D eigenvalue weighted by Crippen LogP contribution is -2.23. The number of methoxy groups -OCH3 is 2. The van der Waals surface area contributed by atoms with Gasteiger partial charge in [-0.1, -0.05) is 12.1 Å². The topological polar surface area (TPSA) is 80.4 Å². The fraction of sp³-hybridized carbons (Fsp3) is 0.158. The molecule has 0 atom stereocenters. The number of H-pyrrole nitrogens is 1. The number of aromatic nitrogens is 1. The van der Waals surface area contributed by atoms with Gasteiger partial charge in [0.2, 0.25) is 0 Å². The highest BCUT2D eigenvalue weighted by molar-refractivity contribution is 5.98. The minimum atomic E-state index is -0.527. The van der Waals surface area contributed by atoms with Crippen molar-refractivity contribution in [3.63, 3.8) is 0 Å². The molecule has 1 heterocycles. The van der Waals surface area contributed by atoms with E-state index in [0.29, 0.717) is 22.2 Å². The number of carbonyl (C=O) groups is 2. The molecular formula is C19H17FN2O4. The number of halogens is 1. The van der Waals surface area contributed by atoms with Crippen molar-refractivity contribution >= 4 is 22.8 Å². The number of nitrogens with one attached hydrogen (secondary N) is 2. The molecule has 0 radical (unpaired) electrons. The molecule has 0 saturated heterocycles. The van der Waals surface area contributed by atoms with E-state index in [1.165, 1.54) is 26.4 Å². The number of hydrogen-bond acceptors (Lipinski definition) is 4. The molecule has 6 nitrogen and oxygen atoms in total. The quantitative estimate of drug-likeness (QED) is 0.689. The van der Waals surface area contributed by atoms with Gasteiger partial charge in [0, 0.05) is 17.4 Å². The Hall–Kier alpha value is -3.35. The minimum Gasteiger partial charge on any atom is -0.496 e. The summed E-state index contributed by atoms with van der Waals surface area (Å²) in [6.45, 7) is 0.185. The number of benzene rings is 2. The van der Waals surface area contributed by atoms with Crippen molar-refractivity contribution in [2.75, 3.05) is 14.2 Å². The molecule has 0 aliphatic carbocycles. The van der Waals surface area contributed by atoms with E-state index in [1.807, 2.05) is 0 Å². The van der Waals surface area contributed by atoms with Crippen molar-refractivity contribution in [1.29, 1.82) is 0 Å². The van der Waals surface area contributed by atoms with Gasteiger partial charge in [-0.25, -0.2) is 9.18 Å². The van der Waals surface area contributed by atoms with Crippen molar-refractivity contribution < 1.29 is 23.5 Å². The van der Waals surface area contributed by atoms with Gasteiger partial charge >= 0.3 is 5.97 Å². The molecule has 0 bridgehead atoms. The van der Waals surface area contributed by atoms with E-state index in [-0.39, 0.29) is 23.7 Å². The molecule has 0 spiro atoms. The number of fused-ring (bicyclic) bond motifs is 1. The summed E-state index contributed by atoms with van der Waals surface area (Å²) in [5.74, 6) is -0.911. The highest BCUT2D eigenvalue weighted by atomic mass is 19.1. The van der Waals surface area contributed by atoms with Crippen LogP contribution in [0.25, 0.3) is 10.9 Å². The average molecular weight is 356 g/mol. The summed E-state index contributed by atoms with van der Waals surface area (Å²) in [5.41, 5.74) is 1.77. The van der Waals surface area contributed by atoms with Crippen molar-refractivity contribution in [2.24, 2.45) is 0 Å². The van der Waals surface area contributed by atoms with E-state index < -0.39 is 11.8 Å². The number of aromatic amines is 1. The fourth-order valence-electron chi connectivity index (χ4n) is 2.65. The summed E-state index contributed by atoms with van der Waals surface area (Å²) >= 11 is 0. The fourth-order valence-corrected chi connectivity index (χ4v) is 2.65. The maximum absolute atomic E-state index is 13.7. The Morgan fingerprint density at radius 1 is 1.15 bits per heavy atom. The molecule has 134 valence electrons. The molecule has 0 aliphatic heterocycles. The molecule has 7 heteroatoms. The second-order valence-electron chi connectivity index (χ2n) is 5.59. The SMILES string of the molecule is COC(=O)c1cc(CNC(=O)c2cc3c(F)cccc3[nH]2)ccc1OC. The van der Waals surface area contributed by atoms with Crippen LogP contribution < -0.4 is 10.1 Å². The smallest absolute Gasteiger partial charge is 0.341 e. The van der Waals surface area contributed by atoms with Crippen LogP contribution in [-0.2, 0) is 11.3 Å². The van der Waals surface area contributed by atoms with Crippen LogP contribution in [-0.4, -0.2) is 31.1 Å². The van der Waals surface area contributed by atoms with Crippen molar-refractivity contribution in [1.82, 2.24) is 10.3 Å². The summed E-state index contributed by atoms with van der Waals surface area (Å²) in [4.78, 5) is 27.0. The lowest BCUT2D eigenvalue weighted by Gasteiger charge is -2.10. The van der Waals surface area contributed by atoms with Gasteiger partial charge in [-0.15, -0.1) is 0 Å². The average Bonchev–Trinajstić information content (AvgIpc) is 3.11. The summed E-state index contributed by atoms with van der Waals surface area (Å²) in [6.07, 6.45) is 0. The zero-order valence-corrected chi connectivity index (χ0v) is 14.3. The monoisotopic (exact) mass is 356 g/mol. The van der Waals surface area contributed by atoms with Crippen molar-refractivity contribution in [2.45, 2.75) is 6.54 Å². The van der Waals surface area contributed by atoms with Gasteiger partial charge in [0.15, 0.2) is 0 Å². The van der Waals surface area contributed by atoms with Crippen LogP contribution in [0.1, 0.15) is 26.4 Å². The van der Waals surface area contributed by atoms with E-state index in [0.717, 1.165) is 0 Å². The summed E-state index contributed by atoms with van der Waals surface area (Å²) in [5, 5.41) is 3.09. The first kappa shape index (κ1) is 17.5. The number of rotatable bonds is 5. The van der Waals surface area contributed by atoms with Crippen molar-refractivity contribution in [3.8, 4) is 5.75 Å². The third-order valence-electron chi connectivity index (χ3n) is 3.98. The Balaban J connectivity index is 1.76. The van der Waals surface area contributed by atoms with Crippen LogP contribution in [0.15, 0.2) is 42.5 Å². The third kappa shape index (κ3) is 3.37. The standard InChI is InChI=1S/C19H17FN2O4/c1-25-17-7-6-11(8-13(17)19(24)26-2)10-21-18(23)16-9-12-14(20)4-3-5-15(12)22-16/h3-9,22H,10H2,1-2H3,(H,21,23). The zero-order chi connectivity index (χ0) is 18.7. The number of esters is 1. The largest absolute Gasteiger partial charge is 0.496 e. The first-order chi connectivity index (χ1) is 12.5. The zero-order valence-electron chi connectivity index (χ0n) is 14.3. The molecular weight excluding hydrogens is 339 g/mol. The molecule has 0 saturated carbocycles. The Bertz CT molecular complexity index is 981. The van der Waals surface area contributed by atoms with Crippen molar-refractivity contribution in [3.05, 3.63) is 65.1 Å². The summed E-state index contributed by atoms with van der Waals surface area (Å²) in [7, 11) is 2.74. The Labute approximate surface area is 148 Å². The van der Waals surface area contributed by atoms with Gasteiger partial charge in [-0.2, -0.15) is 0 Å². The highest BCUT2D eigenvalue weighted by Gasteiger charge is 2.15. The first-order valence-electron chi connectivity index (χ1n) is 7.84.